The van der Waals surface area contributed by atoms with Crippen LogP contribution in [0.4, 0.5) is 0 Å². The van der Waals surface area contributed by atoms with Gasteiger partial charge >= 0.3 is 0 Å². The lowest BCUT2D eigenvalue weighted by Crippen LogP contribution is -2.32. The quantitative estimate of drug-likeness (QED) is 0.598. The van der Waals surface area contributed by atoms with Crippen molar-refractivity contribution >= 4 is 6.08 Å². The number of aryl methyl sites for hydroxylation is 2. The van der Waals surface area contributed by atoms with E-state index in [2.05, 4.69) is 29.3 Å². The van der Waals surface area contributed by atoms with E-state index in [-0.39, 0.29) is 5.54 Å². The summed E-state index contributed by atoms with van der Waals surface area (Å²) in [6, 6.07) is 14.3. The van der Waals surface area contributed by atoms with Crippen LogP contribution in [-0.2, 0) is 16.9 Å². The molecule has 3 nitrogen and oxygen atoms in total. The third-order valence-corrected chi connectivity index (χ3v) is 4.66. The summed E-state index contributed by atoms with van der Waals surface area (Å²) >= 11 is 0. The number of rotatable bonds is 5. The molecule has 0 N–H and O–H groups in total. The van der Waals surface area contributed by atoms with E-state index in [1.165, 1.54) is 0 Å². The second kappa shape index (κ2) is 6.39. The molecule has 1 fully saturated rings. The second-order valence-corrected chi connectivity index (χ2v) is 6.30. The number of aliphatic imine (C=N–C) groups is 1. The number of isocyanates is 1. The van der Waals surface area contributed by atoms with Crippen LogP contribution in [0.1, 0.15) is 41.5 Å². The number of hydrogen-bond acceptors (Lipinski definition) is 3. The third kappa shape index (κ3) is 3.06. The zero-order chi connectivity index (χ0) is 16.3. The molecule has 1 saturated carbocycles. The molecule has 0 aliphatic heterocycles. The van der Waals surface area contributed by atoms with Crippen LogP contribution in [0.25, 0.3) is 0 Å². The van der Waals surface area contributed by atoms with E-state index in [1.54, 1.807) is 6.08 Å². The standard InChI is InChI=1S/C20H21NO2/c1-15-11-18(20(21-14-22)9-6-10-20)12-16(2)19(15)23-13-17-7-4-3-5-8-17/h3-5,7-8,11-12H,6,9-10,13H2,1-2H3. The van der Waals surface area contributed by atoms with Crippen LogP contribution in [0.3, 0.4) is 0 Å². The third-order valence-electron chi connectivity index (χ3n) is 4.66. The van der Waals surface area contributed by atoms with E-state index >= 15 is 0 Å². The zero-order valence-corrected chi connectivity index (χ0v) is 13.6. The van der Waals surface area contributed by atoms with Crippen molar-refractivity contribution < 1.29 is 9.53 Å². The van der Waals surface area contributed by atoms with Crippen molar-refractivity contribution in [3.8, 4) is 5.75 Å². The fourth-order valence-corrected chi connectivity index (χ4v) is 3.24. The molecule has 0 spiro atoms. The van der Waals surface area contributed by atoms with Gasteiger partial charge in [0.2, 0.25) is 6.08 Å². The van der Waals surface area contributed by atoms with Crippen LogP contribution >= 0.6 is 0 Å². The van der Waals surface area contributed by atoms with E-state index in [0.29, 0.717) is 6.61 Å². The molecule has 0 unspecified atom stereocenters. The molecule has 23 heavy (non-hydrogen) atoms. The summed E-state index contributed by atoms with van der Waals surface area (Å²) in [5, 5.41) is 0. The van der Waals surface area contributed by atoms with Crippen molar-refractivity contribution in [3.63, 3.8) is 0 Å². The molecule has 2 aromatic rings. The monoisotopic (exact) mass is 307 g/mol. The average molecular weight is 307 g/mol. The topological polar surface area (TPSA) is 38.7 Å². The van der Waals surface area contributed by atoms with Crippen molar-refractivity contribution in [2.45, 2.75) is 45.3 Å². The summed E-state index contributed by atoms with van der Waals surface area (Å²) in [4.78, 5) is 14.9. The lowest BCUT2D eigenvalue weighted by atomic mass is 9.71. The Morgan fingerprint density at radius 2 is 1.78 bits per heavy atom. The van der Waals surface area contributed by atoms with Crippen molar-refractivity contribution in [2.75, 3.05) is 0 Å². The molecule has 3 rings (SSSR count). The van der Waals surface area contributed by atoms with Crippen molar-refractivity contribution in [3.05, 3.63) is 64.7 Å². The maximum absolute atomic E-state index is 10.8. The zero-order valence-electron chi connectivity index (χ0n) is 13.6. The van der Waals surface area contributed by atoms with Gasteiger partial charge in [-0.15, -0.1) is 0 Å². The maximum atomic E-state index is 10.8. The highest BCUT2D eigenvalue weighted by Gasteiger charge is 2.39. The van der Waals surface area contributed by atoms with Crippen LogP contribution in [0.2, 0.25) is 0 Å². The predicted octanol–water partition coefficient (Wildman–Crippen LogP) is 4.60. The first-order chi connectivity index (χ1) is 11.1. The van der Waals surface area contributed by atoms with Crippen molar-refractivity contribution in [1.82, 2.24) is 0 Å². The van der Waals surface area contributed by atoms with Crippen LogP contribution in [0.5, 0.6) is 5.75 Å². The highest BCUT2D eigenvalue weighted by Crippen LogP contribution is 2.46. The second-order valence-electron chi connectivity index (χ2n) is 6.30. The van der Waals surface area contributed by atoms with E-state index in [1.807, 2.05) is 32.0 Å². The van der Waals surface area contributed by atoms with Crippen molar-refractivity contribution in [2.24, 2.45) is 4.99 Å². The minimum atomic E-state index is -0.352. The van der Waals surface area contributed by atoms with Crippen LogP contribution < -0.4 is 4.74 Å². The molecule has 0 radical (unpaired) electrons. The van der Waals surface area contributed by atoms with Gasteiger partial charge in [-0.05, 0) is 67.5 Å². The van der Waals surface area contributed by atoms with Gasteiger partial charge in [0.1, 0.15) is 12.4 Å². The highest BCUT2D eigenvalue weighted by molar-refractivity contribution is 5.48. The average Bonchev–Trinajstić information content (AvgIpc) is 2.51. The maximum Gasteiger partial charge on any atom is 0.235 e. The van der Waals surface area contributed by atoms with Gasteiger partial charge in [0.15, 0.2) is 0 Å². The number of hydrogen-bond donors (Lipinski definition) is 0. The van der Waals surface area contributed by atoms with Crippen molar-refractivity contribution in [1.29, 1.82) is 0 Å². The molecule has 1 aliphatic rings. The summed E-state index contributed by atoms with van der Waals surface area (Å²) in [6.07, 6.45) is 4.70. The summed E-state index contributed by atoms with van der Waals surface area (Å²) in [5.74, 6) is 0.919. The number of carbonyl (C=O) groups excluding carboxylic acids is 1. The Hall–Kier alpha value is -2.38. The molecule has 0 atom stereocenters. The van der Waals surface area contributed by atoms with E-state index in [0.717, 1.165) is 47.3 Å². The molecule has 2 aromatic carbocycles. The summed E-state index contributed by atoms with van der Waals surface area (Å²) in [6.45, 7) is 4.65. The Kier molecular flexibility index (Phi) is 4.31. The fraction of sp³-hybridized carbons (Fsp3) is 0.350. The highest BCUT2D eigenvalue weighted by atomic mass is 16.5. The molecule has 0 aromatic heterocycles. The van der Waals surface area contributed by atoms with Gasteiger partial charge in [-0.25, -0.2) is 4.79 Å². The van der Waals surface area contributed by atoms with Crippen LogP contribution in [0, 0.1) is 13.8 Å². The van der Waals surface area contributed by atoms with Gasteiger partial charge in [0.05, 0.1) is 5.54 Å². The van der Waals surface area contributed by atoms with Gasteiger partial charge in [-0.1, -0.05) is 30.3 Å². The first kappa shape index (κ1) is 15.5. The smallest absolute Gasteiger partial charge is 0.235 e. The number of ether oxygens (including phenoxy) is 1. The molecule has 3 heteroatoms. The van der Waals surface area contributed by atoms with Crippen LogP contribution in [-0.4, -0.2) is 6.08 Å². The summed E-state index contributed by atoms with van der Waals surface area (Å²) in [7, 11) is 0. The summed E-state index contributed by atoms with van der Waals surface area (Å²) < 4.78 is 6.02. The van der Waals surface area contributed by atoms with E-state index in [4.69, 9.17) is 4.74 Å². The number of benzene rings is 2. The fourth-order valence-electron chi connectivity index (χ4n) is 3.24. The molecule has 1 aliphatic carbocycles. The molecule has 0 bridgehead atoms. The molecular formula is C20H21NO2. The largest absolute Gasteiger partial charge is 0.488 e. The normalized spacial score (nSPS) is 15.4. The Morgan fingerprint density at radius 3 is 2.30 bits per heavy atom. The molecule has 0 heterocycles. The Bertz CT molecular complexity index is 718. The van der Waals surface area contributed by atoms with Gasteiger partial charge in [-0.3, -0.25) is 0 Å². The first-order valence-electron chi connectivity index (χ1n) is 8.02. The molecular weight excluding hydrogens is 286 g/mol. The van der Waals surface area contributed by atoms with Gasteiger partial charge in [0, 0.05) is 0 Å². The van der Waals surface area contributed by atoms with Gasteiger partial charge in [0.25, 0.3) is 0 Å². The van der Waals surface area contributed by atoms with E-state index in [9.17, 15) is 4.79 Å². The van der Waals surface area contributed by atoms with Gasteiger partial charge in [-0.2, -0.15) is 4.99 Å². The Labute approximate surface area is 137 Å². The summed E-state index contributed by atoms with van der Waals surface area (Å²) in [5.41, 5.74) is 4.08. The Balaban J connectivity index is 1.84. The number of nitrogens with zero attached hydrogens (tertiary/aromatic N) is 1. The predicted molar refractivity (Wildman–Crippen MR) is 90.3 cm³/mol. The van der Waals surface area contributed by atoms with E-state index < -0.39 is 0 Å². The lowest BCUT2D eigenvalue weighted by molar-refractivity contribution is 0.254. The molecule has 0 saturated heterocycles. The molecule has 0 amide bonds. The van der Waals surface area contributed by atoms with Crippen LogP contribution in [0.15, 0.2) is 47.5 Å². The minimum absolute atomic E-state index is 0.352. The van der Waals surface area contributed by atoms with Gasteiger partial charge < -0.3 is 4.74 Å². The lowest BCUT2D eigenvalue weighted by Gasteiger charge is -2.37. The molecule has 118 valence electrons. The Morgan fingerprint density at radius 1 is 1.13 bits per heavy atom. The first-order valence-corrected chi connectivity index (χ1v) is 8.02. The minimum Gasteiger partial charge on any atom is -0.488 e. The SMILES string of the molecule is Cc1cc(C2(N=C=O)CCC2)cc(C)c1OCc1ccccc1.